The van der Waals surface area contributed by atoms with Crippen LogP contribution in [-0.2, 0) is 9.47 Å². The monoisotopic (exact) mass is 351 g/mol. The van der Waals surface area contributed by atoms with Crippen molar-refractivity contribution < 1.29 is 24.8 Å². The molecule has 1 aliphatic carbocycles. The number of aliphatic hydroxyl groups is 3. The summed E-state index contributed by atoms with van der Waals surface area (Å²) in [6, 6.07) is 0. The molecular formula is C15H21N5O5. The van der Waals surface area contributed by atoms with Gasteiger partial charge in [0.1, 0.15) is 30.2 Å². The molecule has 0 unspecified atom stereocenters. The van der Waals surface area contributed by atoms with Gasteiger partial charge in [-0.25, -0.2) is 15.0 Å². The summed E-state index contributed by atoms with van der Waals surface area (Å²) in [5.41, 5.74) is 6.58. The van der Waals surface area contributed by atoms with Gasteiger partial charge in [-0.15, -0.1) is 0 Å². The van der Waals surface area contributed by atoms with Crippen LogP contribution in [-0.4, -0.2) is 72.0 Å². The molecule has 1 saturated heterocycles. The molecule has 10 nitrogen and oxygen atoms in total. The van der Waals surface area contributed by atoms with E-state index in [-0.39, 0.29) is 18.5 Å². The van der Waals surface area contributed by atoms with Gasteiger partial charge in [0.05, 0.1) is 25.1 Å². The van der Waals surface area contributed by atoms with Crippen LogP contribution in [0.4, 0.5) is 5.82 Å². The van der Waals surface area contributed by atoms with Crippen LogP contribution in [0.1, 0.15) is 25.5 Å². The van der Waals surface area contributed by atoms with Gasteiger partial charge in [-0.2, -0.15) is 0 Å². The van der Waals surface area contributed by atoms with Crippen LogP contribution >= 0.6 is 0 Å². The molecule has 1 aliphatic heterocycles. The Morgan fingerprint density at radius 1 is 1.20 bits per heavy atom. The fourth-order valence-corrected chi connectivity index (χ4v) is 3.47. The number of anilines is 1. The summed E-state index contributed by atoms with van der Waals surface area (Å²) in [6.45, 7) is 0.0835. The van der Waals surface area contributed by atoms with Crippen molar-refractivity contribution in [1.82, 2.24) is 19.5 Å². The number of hydrogen-bond donors (Lipinski definition) is 4. The molecule has 2 aromatic rings. The summed E-state index contributed by atoms with van der Waals surface area (Å²) in [6.07, 6.45) is 0.523. The topological polar surface area (TPSA) is 149 Å². The van der Waals surface area contributed by atoms with Crippen molar-refractivity contribution in [3.63, 3.8) is 0 Å². The zero-order valence-corrected chi connectivity index (χ0v) is 13.5. The molecule has 3 heterocycles. The number of aliphatic hydroxyl groups excluding tert-OH is 3. The van der Waals surface area contributed by atoms with E-state index < -0.39 is 30.6 Å². The van der Waals surface area contributed by atoms with Crippen LogP contribution < -0.4 is 5.73 Å². The molecule has 136 valence electrons. The number of nitrogens with zero attached hydrogens (tertiary/aromatic N) is 4. The van der Waals surface area contributed by atoms with E-state index in [0.29, 0.717) is 17.6 Å². The molecule has 0 radical (unpaired) electrons. The van der Waals surface area contributed by atoms with Crippen LogP contribution in [0.25, 0.3) is 11.2 Å². The highest BCUT2D eigenvalue weighted by atomic mass is 16.6. The Kier molecular flexibility index (Phi) is 4.29. The first-order valence-corrected chi connectivity index (χ1v) is 8.30. The Morgan fingerprint density at radius 3 is 2.80 bits per heavy atom. The molecule has 10 heteroatoms. The molecule has 1 saturated carbocycles. The van der Waals surface area contributed by atoms with Crippen molar-refractivity contribution in [3.8, 4) is 0 Å². The van der Waals surface area contributed by atoms with E-state index >= 15 is 0 Å². The summed E-state index contributed by atoms with van der Waals surface area (Å²) in [5.74, 6) is 0.229. The lowest BCUT2D eigenvalue weighted by atomic mass is 10.1. The van der Waals surface area contributed by atoms with Crippen molar-refractivity contribution in [2.45, 2.75) is 56.0 Å². The summed E-state index contributed by atoms with van der Waals surface area (Å²) >= 11 is 0. The molecule has 0 amide bonds. The largest absolute Gasteiger partial charge is 0.390 e. The Balaban J connectivity index is 1.50. The van der Waals surface area contributed by atoms with E-state index in [1.54, 1.807) is 0 Å². The van der Waals surface area contributed by atoms with Crippen LogP contribution in [0.3, 0.4) is 0 Å². The third-order valence-electron chi connectivity index (χ3n) is 4.89. The average molecular weight is 351 g/mol. The molecule has 2 aromatic heterocycles. The number of fused-ring (bicyclic) bond motifs is 1. The Labute approximate surface area is 143 Å². The minimum Gasteiger partial charge on any atom is -0.390 e. The smallest absolute Gasteiger partial charge is 0.167 e. The zero-order chi connectivity index (χ0) is 17.6. The fourth-order valence-electron chi connectivity index (χ4n) is 3.47. The Bertz CT molecular complexity index is 755. The van der Waals surface area contributed by atoms with Crippen LogP contribution in [0, 0.1) is 0 Å². The third kappa shape index (κ3) is 2.85. The second kappa shape index (κ2) is 6.46. The number of rotatable bonds is 4. The predicted octanol–water partition coefficient (Wildman–Crippen LogP) is -1.04. The third-order valence-corrected chi connectivity index (χ3v) is 4.89. The molecule has 2 aliphatic rings. The maximum absolute atomic E-state index is 10.4. The number of nitrogen functional groups attached to an aromatic ring is 1. The minimum atomic E-state index is -1.17. The fraction of sp³-hybridized carbons (Fsp3) is 0.667. The number of nitrogens with two attached hydrogens (primary N) is 1. The Morgan fingerprint density at radius 2 is 2.04 bits per heavy atom. The van der Waals surface area contributed by atoms with Crippen molar-refractivity contribution in [2.75, 3.05) is 12.3 Å². The molecule has 0 bridgehead atoms. The van der Waals surface area contributed by atoms with Gasteiger partial charge in [-0.3, -0.25) is 4.57 Å². The lowest BCUT2D eigenvalue weighted by Gasteiger charge is -2.20. The van der Waals surface area contributed by atoms with Gasteiger partial charge >= 0.3 is 0 Å². The van der Waals surface area contributed by atoms with E-state index in [0.717, 1.165) is 12.8 Å². The van der Waals surface area contributed by atoms with Crippen molar-refractivity contribution in [3.05, 3.63) is 12.7 Å². The van der Waals surface area contributed by atoms with E-state index in [4.69, 9.17) is 15.2 Å². The van der Waals surface area contributed by atoms with Gasteiger partial charge in [0, 0.05) is 0 Å². The normalized spacial score (nSPS) is 35.6. The highest BCUT2D eigenvalue weighted by molar-refractivity contribution is 5.81. The van der Waals surface area contributed by atoms with Gasteiger partial charge in [0.2, 0.25) is 0 Å². The number of imidazole rings is 1. The molecule has 2 fully saturated rings. The second-order valence-electron chi connectivity index (χ2n) is 6.50. The van der Waals surface area contributed by atoms with Crippen molar-refractivity contribution in [2.24, 2.45) is 0 Å². The van der Waals surface area contributed by atoms with Crippen molar-refractivity contribution in [1.29, 1.82) is 0 Å². The van der Waals surface area contributed by atoms with Gasteiger partial charge < -0.3 is 30.5 Å². The zero-order valence-electron chi connectivity index (χ0n) is 13.5. The molecule has 5 N–H and O–H groups in total. The molecule has 4 rings (SSSR count). The first-order valence-electron chi connectivity index (χ1n) is 8.30. The summed E-state index contributed by atoms with van der Waals surface area (Å²) in [5, 5.41) is 30.5. The first-order chi connectivity index (χ1) is 12.1. The standard InChI is InChI=1S/C15H21N5O5/c16-13-10-14(18-5-17-13)20(6-19-10)15-12(23)11(22)9(25-15)4-24-8-3-1-2-7(8)21/h5-9,11-12,15,21-23H,1-4H2,(H2,16,17,18)/t7-,8+,9+,11+,12+,15+/m0/s1. The minimum absolute atomic E-state index is 0.0835. The van der Waals surface area contributed by atoms with Gasteiger partial charge in [-0.05, 0) is 19.3 Å². The lowest BCUT2D eigenvalue weighted by Crippen LogP contribution is -2.36. The SMILES string of the molecule is Nc1ncnc2c1ncn2[C@@H]1O[C@H](CO[C@@H]2CCC[C@@H]2O)[C@@H](O)[C@H]1O. The molecule has 0 aromatic carbocycles. The highest BCUT2D eigenvalue weighted by Gasteiger charge is 2.45. The van der Waals surface area contributed by atoms with Gasteiger partial charge in [-0.1, -0.05) is 0 Å². The molecule has 6 atom stereocenters. The van der Waals surface area contributed by atoms with Crippen molar-refractivity contribution >= 4 is 17.0 Å². The van der Waals surface area contributed by atoms with Gasteiger partial charge in [0.15, 0.2) is 17.7 Å². The summed E-state index contributed by atoms with van der Waals surface area (Å²) < 4.78 is 13.0. The van der Waals surface area contributed by atoms with E-state index in [9.17, 15) is 15.3 Å². The van der Waals surface area contributed by atoms with E-state index in [1.165, 1.54) is 17.2 Å². The predicted molar refractivity (Wildman–Crippen MR) is 85.3 cm³/mol. The number of aromatic nitrogens is 4. The van der Waals surface area contributed by atoms with Gasteiger partial charge in [0.25, 0.3) is 0 Å². The summed E-state index contributed by atoms with van der Waals surface area (Å²) in [7, 11) is 0. The number of ether oxygens (including phenoxy) is 2. The summed E-state index contributed by atoms with van der Waals surface area (Å²) in [4.78, 5) is 12.1. The highest BCUT2D eigenvalue weighted by Crippen LogP contribution is 2.33. The van der Waals surface area contributed by atoms with Crippen LogP contribution in [0.2, 0.25) is 0 Å². The van der Waals surface area contributed by atoms with Crippen LogP contribution in [0.5, 0.6) is 0 Å². The van der Waals surface area contributed by atoms with E-state index in [2.05, 4.69) is 15.0 Å². The maximum atomic E-state index is 10.4. The molecular weight excluding hydrogens is 330 g/mol. The van der Waals surface area contributed by atoms with E-state index in [1.807, 2.05) is 0 Å². The molecule has 25 heavy (non-hydrogen) atoms. The first kappa shape index (κ1) is 16.6. The quantitative estimate of drug-likeness (QED) is 0.541. The second-order valence-corrected chi connectivity index (χ2v) is 6.50. The maximum Gasteiger partial charge on any atom is 0.167 e. The van der Waals surface area contributed by atoms with Crippen LogP contribution in [0.15, 0.2) is 12.7 Å². The average Bonchev–Trinajstić information content (AvgIpc) is 3.27. The lowest BCUT2D eigenvalue weighted by molar-refractivity contribution is -0.0968. The molecule has 0 spiro atoms. The Hall–Kier alpha value is -1.85. The number of hydrogen-bond acceptors (Lipinski definition) is 9.